The van der Waals surface area contributed by atoms with Gasteiger partial charge in [0, 0.05) is 23.9 Å². The van der Waals surface area contributed by atoms with Crippen molar-refractivity contribution >= 4 is 11.7 Å². The molecule has 1 aromatic rings. The van der Waals surface area contributed by atoms with Crippen molar-refractivity contribution in [1.29, 1.82) is 0 Å². The number of allylic oxidation sites excluding steroid dienone is 1. The highest BCUT2D eigenvalue weighted by Gasteiger charge is 2.51. The van der Waals surface area contributed by atoms with Gasteiger partial charge < -0.3 is 10.6 Å². The first kappa shape index (κ1) is 15.7. The average molecular weight is 316 g/mol. The maximum absolute atomic E-state index is 12.9. The molecule has 2 aliphatic rings. The summed E-state index contributed by atoms with van der Waals surface area (Å²) < 4.78 is 12.9. The Bertz CT molecular complexity index is 685. The summed E-state index contributed by atoms with van der Waals surface area (Å²) in [6.07, 6.45) is 2.81. The predicted octanol–water partition coefficient (Wildman–Crippen LogP) is 2.04. The van der Waals surface area contributed by atoms with Crippen molar-refractivity contribution in [2.45, 2.75) is 26.7 Å². The molecule has 1 fully saturated rings. The second-order valence-corrected chi connectivity index (χ2v) is 7.40. The second-order valence-electron chi connectivity index (χ2n) is 7.40. The third kappa shape index (κ3) is 2.87. The van der Waals surface area contributed by atoms with Crippen molar-refractivity contribution in [3.8, 4) is 0 Å². The maximum Gasteiger partial charge on any atom is 0.227 e. The normalized spacial score (nSPS) is 21.8. The minimum absolute atomic E-state index is 0.0146. The highest BCUT2D eigenvalue weighted by atomic mass is 19.1. The summed E-state index contributed by atoms with van der Waals surface area (Å²) in [7, 11) is 0. The topological polar surface area (TPSA) is 63.4 Å². The van der Waals surface area contributed by atoms with Crippen molar-refractivity contribution in [2.75, 3.05) is 13.1 Å². The summed E-state index contributed by atoms with van der Waals surface area (Å²) in [6, 6.07) is 5.98. The Morgan fingerprint density at radius 2 is 1.87 bits per heavy atom. The summed E-state index contributed by atoms with van der Waals surface area (Å²) in [5.74, 6) is -0.304. The van der Waals surface area contributed by atoms with Crippen LogP contribution in [0.5, 0.6) is 0 Å². The van der Waals surface area contributed by atoms with Crippen LogP contribution in [0.3, 0.4) is 0 Å². The van der Waals surface area contributed by atoms with Gasteiger partial charge in [-0.3, -0.25) is 9.59 Å². The van der Waals surface area contributed by atoms with Crippen LogP contribution in [0.15, 0.2) is 36.0 Å². The number of ketones is 1. The zero-order chi connectivity index (χ0) is 16.8. The molecule has 122 valence electrons. The molecule has 1 heterocycles. The maximum atomic E-state index is 12.9. The average Bonchev–Trinajstić information content (AvgIpc) is 2.44. The number of halogens is 1. The van der Waals surface area contributed by atoms with Gasteiger partial charge in [-0.25, -0.2) is 4.39 Å². The summed E-state index contributed by atoms with van der Waals surface area (Å²) in [5, 5.41) is 0. The van der Waals surface area contributed by atoms with Crippen molar-refractivity contribution in [3.63, 3.8) is 0 Å². The van der Waals surface area contributed by atoms with E-state index in [1.807, 2.05) is 19.9 Å². The van der Waals surface area contributed by atoms with Crippen molar-refractivity contribution in [3.05, 3.63) is 47.4 Å². The van der Waals surface area contributed by atoms with E-state index in [-0.39, 0.29) is 29.3 Å². The Morgan fingerprint density at radius 1 is 1.26 bits per heavy atom. The molecule has 1 spiro atoms. The van der Waals surface area contributed by atoms with Gasteiger partial charge in [-0.15, -0.1) is 0 Å². The van der Waals surface area contributed by atoms with Crippen LogP contribution in [-0.4, -0.2) is 29.7 Å². The SMILES string of the molecule is CC1(C)CC2(C=C(N)C1=O)CN(C(=O)Cc1ccc(F)cc1)C2. The number of nitrogens with two attached hydrogens (primary N) is 1. The fourth-order valence-electron chi connectivity index (χ4n) is 3.78. The van der Waals surface area contributed by atoms with E-state index in [0.29, 0.717) is 25.2 Å². The van der Waals surface area contributed by atoms with Gasteiger partial charge in [0.05, 0.1) is 12.1 Å². The Labute approximate surface area is 135 Å². The van der Waals surface area contributed by atoms with Crippen molar-refractivity contribution in [2.24, 2.45) is 16.6 Å². The molecule has 4 nitrogen and oxygen atoms in total. The smallest absolute Gasteiger partial charge is 0.227 e. The number of rotatable bonds is 2. The molecular weight excluding hydrogens is 295 g/mol. The molecule has 0 saturated carbocycles. The lowest BCUT2D eigenvalue weighted by atomic mass is 9.62. The zero-order valence-electron chi connectivity index (χ0n) is 13.4. The van der Waals surface area contributed by atoms with Crippen LogP contribution in [0.1, 0.15) is 25.8 Å². The first-order valence-electron chi connectivity index (χ1n) is 7.76. The number of carbonyl (C=O) groups is 2. The first-order valence-corrected chi connectivity index (χ1v) is 7.76. The molecule has 0 radical (unpaired) electrons. The van der Waals surface area contributed by atoms with Gasteiger partial charge in [-0.05, 0) is 30.2 Å². The molecule has 0 atom stereocenters. The van der Waals surface area contributed by atoms with Gasteiger partial charge in [-0.2, -0.15) is 0 Å². The minimum atomic E-state index is -0.481. The molecule has 1 aliphatic heterocycles. The highest BCUT2D eigenvalue weighted by Crippen LogP contribution is 2.47. The van der Waals surface area contributed by atoms with Crippen LogP contribution in [0.25, 0.3) is 0 Å². The molecule has 3 rings (SSSR count). The molecule has 23 heavy (non-hydrogen) atoms. The Balaban J connectivity index is 1.65. The lowest BCUT2D eigenvalue weighted by molar-refractivity contribution is -0.143. The van der Waals surface area contributed by atoms with Gasteiger partial charge in [0.15, 0.2) is 5.78 Å². The molecule has 0 unspecified atom stereocenters. The van der Waals surface area contributed by atoms with Crippen LogP contribution in [-0.2, 0) is 16.0 Å². The van der Waals surface area contributed by atoms with E-state index in [0.717, 1.165) is 5.56 Å². The fourth-order valence-corrected chi connectivity index (χ4v) is 3.78. The standard InChI is InChI=1S/C18H21FN2O2/c1-17(2)9-18(8-14(20)16(17)23)10-21(11-18)15(22)7-12-3-5-13(19)6-4-12/h3-6,8H,7,9-11,20H2,1-2H3. The van der Waals surface area contributed by atoms with Crippen LogP contribution >= 0.6 is 0 Å². The van der Waals surface area contributed by atoms with Crippen LogP contribution in [0.4, 0.5) is 4.39 Å². The lowest BCUT2D eigenvalue weighted by Gasteiger charge is -2.53. The van der Waals surface area contributed by atoms with Gasteiger partial charge in [0.2, 0.25) is 5.91 Å². The monoisotopic (exact) mass is 316 g/mol. The lowest BCUT2D eigenvalue weighted by Crippen LogP contribution is -2.61. The van der Waals surface area contributed by atoms with Crippen molar-refractivity contribution < 1.29 is 14.0 Å². The third-order valence-electron chi connectivity index (χ3n) is 4.77. The number of nitrogens with zero attached hydrogens (tertiary/aromatic N) is 1. The molecule has 0 bridgehead atoms. The van der Waals surface area contributed by atoms with E-state index in [9.17, 15) is 14.0 Å². The molecular formula is C18H21FN2O2. The largest absolute Gasteiger partial charge is 0.396 e. The Kier molecular flexibility index (Phi) is 3.54. The van der Waals surface area contributed by atoms with E-state index in [1.165, 1.54) is 12.1 Å². The van der Waals surface area contributed by atoms with Crippen LogP contribution in [0.2, 0.25) is 0 Å². The molecule has 2 N–H and O–H groups in total. The number of hydrogen-bond acceptors (Lipinski definition) is 3. The Hall–Kier alpha value is -2.17. The molecule has 1 saturated heterocycles. The highest BCUT2D eigenvalue weighted by molar-refractivity contribution is 5.99. The number of benzene rings is 1. The van der Waals surface area contributed by atoms with Gasteiger partial charge in [0.25, 0.3) is 0 Å². The van der Waals surface area contributed by atoms with Gasteiger partial charge in [0.1, 0.15) is 5.82 Å². The molecule has 1 aliphatic carbocycles. The van der Waals surface area contributed by atoms with E-state index in [2.05, 4.69) is 0 Å². The van der Waals surface area contributed by atoms with Gasteiger partial charge >= 0.3 is 0 Å². The second kappa shape index (κ2) is 5.18. The van der Waals surface area contributed by atoms with Crippen molar-refractivity contribution in [1.82, 2.24) is 4.90 Å². The first-order chi connectivity index (χ1) is 10.7. The summed E-state index contributed by atoms with van der Waals surface area (Å²) in [5.41, 5.74) is 6.32. The molecule has 1 aromatic carbocycles. The zero-order valence-corrected chi connectivity index (χ0v) is 13.4. The predicted molar refractivity (Wildman–Crippen MR) is 84.8 cm³/mol. The molecule has 1 amide bonds. The van der Waals surface area contributed by atoms with E-state index in [4.69, 9.17) is 5.73 Å². The summed E-state index contributed by atoms with van der Waals surface area (Å²) in [4.78, 5) is 26.2. The summed E-state index contributed by atoms with van der Waals surface area (Å²) in [6.45, 7) is 4.98. The third-order valence-corrected chi connectivity index (χ3v) is 4.77. The van der Waals surface area contributed by atoms with Crippen LogP contribution in [0, 0.1) is 16.6 Å². The van der Waals surface area contributed by atoms with E-state index >= 15 is 0 Å². The molecule has 0 aromatic heterocycles. The molecule has 5 heteroatoms. The Morgan fingerprint density at radius 3 is 2.43 bits per heavy atom. The van der Waals surface area contributed by atoms with Gasteiger partial charge in [-0.1, -0.05) is 26.0 Å². The fraction of sp³-hybridized carbons (Fsp3) is 0.444. The number of likely N-dealkylation sites (tertiary alicyclic amines) is 1. The van der Waals surface area contributed by atoms with E-state index < -0.39 is 5.41 Å². The van der Waals surface area contributed by atoms with E-state index in [1.54, 1.807) is 17.0 Å². The number of hydrogen-bond donors (Lipinski definition) is 1. The number of carbonyl (C=O) groups excluding carboxylic acids is 2. The minimum Gasteiger partial charge on any atom is -0.396 e. The van der Waals surface area contributed by atoms with Crippen LogP contribution < -0.4 is 5.73 Å². The summed E-state index contributed by atoms with van der Waals surface area (Å²) >= 11 is 0. The number of Topliss-reactive ketones (excluding diaryl/α,β-unsaturated/α-hetero) is 1. The number of amides is 1. The quantitative estimate of drug-likeness (QED) is 0.908.